The van der Waals surface area contributed by atoms with Gasteiger partial charge in [0.15, 0.2) is 0 Å². The smallest absolute Gasteiger partial charge is 0.225 e. The number of fused-ring (bicyclic) bond motifs is 1. The molecule has 0 aromatic carbocycles. The van der Waals surface area contributed by atoms with E-state index < -0.39 is 0 Å². The summed E-state index contributed by atoms with van der Waals surface area (Å²) in [7, 11) is 1.96. The molecule has 2 saturated heterocycles. The quantitative estimate of drug-likeness (QED) is 0.736. The van der Waals surface area contributed by atoms with Gasteiger partial charge in [-0.25, -0.2) is 4.98 Å². The van der Waals surface area contributed by atoms with E-state index in [4.69, 9.17) is 4.74 Å². The van der Waals surface area contributed by atoms with Crippen LogP contribution in [0, 0.1) is 24.7 Å². The van der Waals surface area contributed by atoms with Crippen molar-refractivity contribution in [2.75, 3.05) is 33.4 Å². The number of aryl methyl sites for hydroxylation is 2. The number of hydrogen-bond acceptors (Lipinski definition) is 5. The second kappa shape index (κ2) is 9.13. The largest absolute Gasteiger partial charge is 0.381 e. The van der Waals surface area contributed by atoms with Crippen molar-refractivity contribution in [1.29, 1.82) is 0 Å². The summed E-state index contributed by atoms with van der Waals surface area (Å²) >= 11 is 1.64. The van der Waals surface area contributed by atoms with Gasteiger partial charge < -0.3 is 14.5 Å². The van der Waals surface area contributed by atoms with E-state index in [1.54, 1.807) is 11.3 Å². The van der Waals surface area contributed by atoms with Gasteiger partial charge in [-0.3, -0.25) is 9.59 Å². The van der Waals surface area contributed by atoms with E-state index in [0.29, 0.717) is 43.4 Å². The van der Waals surface area contributed by atoms with Crippen molar-refractivity contribution in [1.82, 2.24) is 14.8 Å². The molecule has 1 aromatic rings. The van der Waals surface area contributed by atoms with Crippen LogP contribution in [0.15, 0.2) is 5.38 Å². The molecule has 3 fully saturated rings. The van der Waals surface area contributed by atoms with Crippen LogP contribution in [-0.4, -0.2) is 66.0 Å². The molecule has 3 heterocycles. The summed E-state index contributed by atoms with van der Waals surface area (Å²) in [4.78, 5) is 34.1. The highest BCUT2D eigenvalue weighted by molar-refractivity contribution is 7.09. The first-order valence-electron chi connectivity index (χ1n) is 11.0. The maximum atomic E-state index is 12.9. The van der Waals surface area contributed by atoms with E-state index >= 15 is 0 Å². The number of ether oxygens (including phenoxy) is 1. The summed E-state index contributed by atoms with van der Waals surface area (Å²) in [5.74, 6) is 1.88. The van der Waals surface area contributed by atoms with E-state index in [-0.39, 0.29) is 11.8 Å². The molecule has 2 amide bonds. The molecule has 3 atom stereocenters. The zero-order valence-electron chi connectivity index (χ0n) is 17.6. The monoisotopic (exact) mass is 419 g/mol. The van der Waals surface area contributed by atoms with Crippen molar-refractivity contribution >= 4 is 23.2 Å². The molecule has 3 aliphatic rings. The Morgan fingerprint density at radius 1 is 1.24 bits per heavy atom. The minimum Gasteiger partial charge on any atom is -0.381 e. The number of likely N-dealkylation sites (tertiary alicyclic amines) is 1. The lowest BCUT2D eigenvalue weighted by Crippen LogP contribution is -2.45. The fraction of sp³-hybridized carbons (Fsp3) is 0.773. The van der Waals surface area contributed by atoms with Gasteiger partial charge in [-0.05, 0) is 57.3 Å². The zero-order valence-corrected chi connectivity index (χ0v) is 18.5. The molecule has 2 aliphatic heterocycles. The Bertz CT molecular complexity index is 731. The zero-order chi connectivity index (χ0) is 20.4. The second-order valence-corrected chi connectivity index (χ2v) is 10.0. The fourth-order valence-electron chi connectivity index (χ4n) is 5.31. The van der Waals surface area contributed by atoms with Gasteiger partial charge in [-0.1, -0.05) is 0 Å². The van der Waals surface area contributed by atoms with Crippen LogP contribution in [0.25, 0.3) is 0 Å². The summed E-state index contributed by atoms with van der Waals surface area (Å²) in [6.45, 7) is 5.18. The van der Waals surface area contributed by atoms with Crippen LogP contribution < -0.4 is 0 Å². The van der Waals surface area contributed by atoms with Crippen LogP contribution in [0.4, 0.5) is 0 Å². The Hall–Kier alpha value is -1.47. The molecule has 0 radical (unpaired) electrons. The number of carbonyl (C=O) groups excluding carboxylic acids is 2. The molecule has 1 aliphatic carbocycles. The predicted octanol–water partition coefficient (Wildman–Crippen LogP) is 2.90. The highest BCUT2D eigenvalue weighted by Crippen LogP contribution is 2.40. The summed E-state index contributed by atoms with van der Waals surface area (Å²) in [6.07, 6.45) is 6.17. The molecule has 1 aromatic heterocycles. The first-order chi connectivity index (χ1) is 14.0. The Morgan fingerprint density at radius 3 is 2.72 bits per heavy atom. The first-order valence-corrected chi connectivity index (χ1v) is 11.9. The fourth-order valence-corrected chi connectivity index (χ4v) is 5.96. The van der Waals surface area contributed by atoms with Crippen LogP contribution in [0.1, 0.15) is 49.2 Å². The summed E-state index contributed by atoms with van der Waals surface area (Å²) in [5.41, 5.74) is 1.02. The SMILES string of the molecule is Cc1nc(CCC(=O)N(C)[C@H]2C[C@H]3CCN(C(=O)C4CCOCC4)C[C@H]3C2)cs1. The second-order valence-electron chi connectivity index (χ2n) is 8.97. The maximum Gasteiger partial charge on any atom is 0.225 e. The van der Waals surface area contributed by atoms with Crippen LogP contribution in [0.3, 0.4) is 0 Å². The van der Waals surface area contributed by atoms with Crippen LogP contribution >= 0.6 is 11.3 Å². The molecular weight excluding hydrogens is 386 g/mol. The van der Waals surface area contributed by atoms with Crippen molar-refractivity contribution in [3.8, 4) is 0 Å². The number of aromatic nitrogens is 1. The number of amides is 2. The van der Waals surface area contributed by atoms with Crippen molar-refractivity contribution < 1.29 is 14.3 Å². The lowest BCUT2D eigenvalue weighted by Gasteiger charge is -2.37. The van der Waals surface area contributed by atoms with Gasteiger partial charge in [0, 0.05) is 57.1 Å². The number of thiazole rings is 1. The van der Waals surface area contributed by atoms with Crippen molar-refractivity contribution in [3.63, 3.8) is 0 Å². The number of piperidine rings is 1. The van der Waals surface area contributed by atoms with E-state index in [9.17, 15) is 9.59 Å². The van der Waals surface area contributed by atoms with Crippen molar-refractivity contribution in [3.05, 3.63) is 16.1 Å². The molecule has 0 bridgehead atoms. The maximum absolute atomic E-state index is 12.9. The molecule has 4 rings (SSSR count). The Balaban J connectivity index is 1.27. The Kier molecular flexibility index (Phi) is 6.54. The molecule has 29 heavy (non-hydrogen) atoms. The third-order valence-corrected chi connectivity index (χ3v) is 7.95. The first kappa shape index (κ1) is 20.8. The topological polar surface area (TPSA) is 62.7 Å². The Labute approximate surface area is 177 Å². The van der Waals surface area contributed by atoms with E-state index in [2.05, 4.69) is 15.3 Å². The number of rotatable bonds is 5. The summed E-state index contributed by atoms with van der Waals surface area (Å²) < 4.78 is 5.41. The highest BCUT2D eigenvalue weighted by Gasteiger charge is 2.42. The van der Waals surface area contributed by atoms with Gasteiger partial charge in [-0.2, -0.15) is 0 Å². The molecule has 0 spiro atoms. The molecular formula is C22H33N3O3S. The van der Waals surface area contributed by atoms with Gasteiger partial charge in [0.1, 0.15) is 0 Å². The third kappa shape index (κ3) is 4.82. The minimum absolute atomic E-state index is 0.149. The Morgan fingerprint density at radius 2 is 2.00 bits per heavy atom. The van der Waals surface area contributed by atoms with Crippen LogP contribution in [0.2, 0.25) is 0 Å². The van der Waals surface area contributed by atoms with Crippen LogP contribution in [0.5, 0.6) is 0 Å². The molecule has 1 saturated carbocycles. The van der Waals surface area contributed by atoms with Gasteiger partial charge in [0.2, 0.25) is 11.8 Å². The van der Waals surface area contributed by atoms with E-state index in [0.717, 1.165) is 62.3 Å². The van der Waals surface area contributed by atoms with Crippen LogP contribution in [-0.2, 0) is 20.7 Å². The van der Waals surface area contributed by atoms with Gasteiger partial charge in [0.25, 0.3) is 0 Å². The lowest BCUT2D eigenvalue weighted by atomic mass is 9.87. The van der Waals surface area contributed by atoms with Gasteiger partial charge in [-0.15, -0.1) is 11.3 Å². The standard InChI is InChI=1S/C22H33N3O3S/c1-15-23-19(14-29-15)3-4-21(26)24(2)20-11-17-5-8-25(13-18(17)12-20)22(27)16-6-9-28-10-7-16/h14,16-18,20H,3-13H2,1-2H3/t17-,18-,20+/m1/s1. The molecule has 160 valence electrons. The molecule has 7 heteroatoms. The number of carbonyl (C=O) groups is 2. The van der Waals surface area contributed by atoms with Crippen molar-refractivity contribution in [2.24, 2.45) is 17.8 Å². The summed E-state index contributed by atoms with van der Waals surface area (Å²) in [6, 6.07) is 0.313. The molecule has 0 unspecified atom stereocenters. The third-order valence-electron chi connectivity index (χ3n) is 7.13. The van der Waals surface area contributed by atoms with Crippen molar-refractivity contribution in [2.45, 2.75) is 57.9 Å². The molecule has 6 nitrogen and oxygen atoms in total. The van der Waals surface area contributed by atoms with E-state index in [1.165, 1.54) is 0 Å². The predicted molar refractivity (Wildman–Crippen MR) is 113 cm³/mol. The lowest BCUT2D eigenvalue weighted by molar-refractivity contribution is -0.141. The normalized spacial score (nSPS) is 27.7. The van der Waals surface area contributed by atoms with E-state index in [1.807, 2.05) is 18.9 Å². The minimum atomic E-state index is 0.149. The highest BCUT2D eigenvalue weighted by atomic mass is 32.1. The number of hydrogen-bond donors (Lipinski definition) is 0. The average molecular weight is 420 g/mol. The summed E-state index contributed by atoms with van der Waals surface area (Å²) in [5, 5.41) is 3.11. The number of nitrogens with zero attached hydrogens (tertiary/aromatic N) is 3. The average Bonchev–Trinajstić information content (AvgIpc) is 3.36. The molecule has 0 N–H and O–H groups in total. The van der Waals surface area contributed by atoms with Gasteiger partial charge in [0.05, 0.1) is 10.7 Å². The van der Waals surface area contributed by atoms with Gasteiger partial charge >= 0.3 is 0 Å².